The van der Waals surface area contributed by atoms with Gasteiger partial charge < -0.3 is 15.2 Å². The summed E-state index contributed by atoms with van der Waals surface area (Å²) in [5, 5.41) is 10.0. The first kappa shape index (κ1) is 19.3. The zero-order valence-electron chi connectivity index (χ0n) is 16.2. The Kier molecular flexibility index (Phi) is 6.39. The third-order valence-corrected chi connectivity index (χ3v) is 4.83. The minimum atomic E-state index is -0.210. The molecule has 1 fully saturated rings. The number of likely N-dealkylation sites (N-methyl/N-ethyl adjacent to an activating group) is 1. The van der Waals surface area contributed by atoms with E-state index in [1.165, 1.54) is 19.4 Å². The third-order valence-electron chi connectivity index (χ3n) is 4.83. The average molecular weight is 372 g/mol. The number of hydrogen-bond acceptors (Lipinski definition) is 7. The van der Waals surface area contributed by atoms with Crippen molar-refractivity contribution in [3.63, 3.8) is 0 Å². The Morgan fingerprint density at radius 3 is 2.93 bits per heavy atom. The van der Waals surface area contributed by atoms with Gasteiger partial charge >= 0.3 is 0 Å². The smallest absolute Gasteiger partial charge is 0.253 e. The molecule has 0 saturated carbocycles. The van der Waals surface area contributed by atoms with Crippen molar-refractivity contribution in [1.82, 2.24) is 25.3 Å². The van der Waals surface area contributed by atoms with Gasteiger partial charge in [0.05, 0.1) is 12.1 Å². The predicted octanol–water partition coefficient (Wildman–Crippen LogP) is 2.41. The molecule has 1 unspecified atom stereocenters. The summed E-state index contributed by atoms with van der Waals surface area (Å²) < 4.78 is 5.13. The Morgan fingerprint density at radius 1 is 1.41 bits per heavy atom. The van der Waals surface area contributed by atoms with Gasteiger partial charge in [-0.15, -0.1) is 0 Å². The van der Waals surface area contributed by atoms with Gasteiger partial charge in [0.1, 0.15) is 5.82 Å². The van der Waals surface area contributed by atoms with E-state index >= 15 is 0 Å². The van der Waals surface area contributed by atoms with Crippen LogP contribution in [0.4, 0.5) is 5.82 Å². The van der Waals surface area contributed by atoms with E-state index in [1.807, 2.05) is 19.9 Å². The van der Waals surface area contributed by atoms with Crippen molar-refractivity contribution in [2.45, 2.75) is 52.1 Å². The van der Waals surface area contributed by atoms with Crippen LogP contribution in [-0.2, 0) is 6.54 Å². The number of carbonyl (C=O) groups excluding carboxylic acids is 1. The number of likely N-dealkylation sites (tertiary alicyclic amines) is 1. The van der Waals surface area contributed by atoms with E-state index in [2.05, 4.69) is 37.6 Å². The second-order valence-electron chi connectivity index (χ2n) is 7.12. The van der Waals surface area contributed by atoms with E-state index in [4.69, 9.17) is 4.52 Å². The summed E-state index contributed by atoms with van der Waals surface area (Å²) in [6.45, 7) is 9.51. The number of aromatic nitrogens is 3. The molecule has 1 saturated heterocycles. The molecule has 0 spiro atoms. The van der Waals surface area contributed by atoms with E-state index in [9.17, 15) is 4.79 Å². The fourth-order valence-electron chi connectivity index (χ4n) is 3.23. The van der Waals surface area contributed by atoms with E-state index in [-0.39, 0.29) is 18.4 Å². The highest BCUT2D eigenvalue weighted by Gasteiger charge is 2.22. The van der Waals surface area contributed by atoms with Crippen LogP contribution in [0, 0.1) is 0 Å². The molecular formula is C19H28N6O2. The lowest BCUT2D eigenvalue weighted by atomic mass is 10.2. The molecule has 8 heteroatoms. The Hall–Kier alpha value is -2.48. The molecule has 146 valence electrons. The molecule has 0 aromatic carbocycles. The first-order chi connectivity index (χ1) is 13.1. The monoisotopic (exact) mass is 372 g/mol. The molecule has 27 heavy (non-hydrogen) atoms. The highest BCUT2D eigenvalue weighted by atomic mass is 16.5. The fourth-order valence-corrected chi connectivity index (χ4v) is 3.23. The van der Waals surface area contributed by atoms with Crippen LogP contribution in [0.2, 0.25) is 0 Å². The Morgan fingerprint density at radius 2 is 2.26 bits per heavy atom. The van der Waals surface area contributed by atoms with Gasteiger partial charge in [0.15, 0.2) is 5.82 Å². The van der Waals surface area contributed by atoms with Crippen LogP contribution in [0.3, 0.4) is 0 Å². The molecule has 2 N–H and O–H groups in total. The van der Waals surface area contributed by atoms with Gasteiger partial charge in [0.25, 0.3) is 5.91 Å². The maximum absolute atomic E-state index is 12.3. The molecule has 1 aliphatic heterocycles. The second kappa shape index (κ2) is 8.94. The number of rotatable bonds is 8. The van der Waals surface area contributed by atoms with Crippen molar-refractivity contribution >= 4 is 11.7 Å². The van der Waals surface area contributed by atoms with Gasteiger partial charge in [0, 0.05) is 24.7 Å². The molecule has 8 nitrogen and oxygen atoms in total. The van der Waals surface area contributed by atoms with Gasteiger partial charge in [-0.2, -0.15) is 4.98 Å². The van der Waals surface area contributed by atoms with Crippen molar-refractivity contribution < 1.29 is 9.32 Å². The quantitative estimate of drug-likeness (QED) is 0.734. The summed E-state index contributed by atoms with van der Waals surface area (Å²) in [6.07, 6.45) is 4.06. The number of hydrogen-bond donors (Lipinski definition) is 2. The average Bonchev–Trinajstić information content (AvgIpc) is 3.34. The van der Waals surface area contributed by atoms with Crippen LogP contribution in [0.15, 0.2) is 22.9 Å². The molecule has 2 aromatic heterocycles. The highest BCUT2D eigenvalue weighted by molar-refractivity contribution is 5.93. The predicted molar refractivity (Wildman–Crippen MR) is 103 cm³/mol. The van der Waals surface area contributed by atoms with Crippen LogP contribution in [-0.4, -0.2) is 51.6 Å². The standard InChI is InChI=1S/C19H28N6O2/c1-4-25-9-5-6-15(25)11-21-16-8-7-14(10-20-16)18(26)22-12-17-23-19(13(2)3)27-24-17/h7-8,10,13,15H,4-6,9,11-12H2,1-3H3,(H,20,21)(H,22,26). The van der Waals surface area contributed by atoms with Gasteiger partial charge in [-0.05, 0) is 38.1 Å². The minimum Gasteiger partial charge on any atom is -0.369 e. The molecule has 3 rings (SSSR count). The Labute approximate surface area is 159 Å². The molecule has 1 atom stereocenters. The molecule has 2 aromatic rings. The van der Waals surface area contributed by atoms with Crippen molar-refractivity contribution in [2.75, 3.05) is 25.0 Å². The van der Waals surface area contributed by atoms with E-state index in [0.29, 0.717) is 23.3 Å². The lowest BCUT2D eigenvalue weighted by Gasteiger charge is -2.23. The van der Waals surface area contributed by atoms with Gasteiger partial charge in [-0.25, -0.2) is 4.98 Å². The maximum atomic E-state index is 12.3. The Balaban J connectivity index is 1.48. The molecule has 0 radical (unpaired) electrons. The molecule has 3 heterocycles. The molecule has 1 amide bonds. The Bertz CT molecular complexity index is 743. The normalized spacial score (nSPS) is 17.4. The van der Waals surface area contributed by atoms with Gasteiger partial charge in [-0.3, -0.25) is 9.69 Å². The zero-order chi connectivity index (χ0) is 19.2. The number of pyridine rings is 1. The van der Waals surface area contributed by atoms with E-state index < -0.39 is 0 Å². The van der Waals surface area contributed by atoms with Crippen LogP contribution in [0.25, 0.3) is 0 Å². The van der Waals surface area contributed by atoms with Crippen molar-refractivity contribution in [3.05, 3.63) is 35.6 Å². The second-order valence-corrected chi connectivity index (χ2v) is 7.12. The van der Waals surface area contributed by atoms with Gasteiger partial charge in [0.2, 0.25) is 5.89 Å². The number of carbonyl (C=O) groups is 1. The van der Waals surface area contributed by atoms with Crippen LogP contribution >= 0.6 is 0 Å². The van der Waals surface area contributed by atoms with Crippen LogP contribution in [0.1, 0.15) is 61.6 Å². The number of anilines is 1. The lowest BCUT2D eigenvalue weighted by molar-refractivity contribution is 0.0949. The maximum Gasteiger partial charge on any atom is 0.253 e. The van der Waals surface area contributed by atoms with Crippen LogP contribution < -0.4 is 10.6 Å². The van der Waals surface area contributed by atoms with Gasteiger partial charge in [-0.1, -0.05) is 25.9 Å². The van der Waals surface area contributed by atoms with E-state index in [0.717, 1.165) is 18.9 Å². The first-order valence-corrected chi connectivity index (χ1v) is 9.61. The number of nitrogens with zero attached hydrogens (tertiary/aromatic N) is 4. The summed E-state index contributed by atoms with van der Waals surface area (Å²) in [5.41, 5.74) is 0.504. The summed E-state index contributed by atoms with van der Waals surface area (Å²) in [4.78, 5) is 23.3. The fraction of sp³-hybridized carbons (Fsp3) is 0.579. The third kappa shape index (κ3) is 5.03. The van der Waals surface area contributed by atoms with E-state index in [1.54, 1.807) is 12.3 Å². The summed E-state index contributed by atoms with van der Waals surface area (Å²) >= 11 is 0. The minimum absolute atomic E-state index is 0.167. The topological polar surface area (TPSA) is 96.2 Å². The summed E-state index contributed by atoms with van der Waals surface area (Å²) in [6, 6.07) is 4.17. The summed E-state index contributed by atoms with van der Waals surface area (Å²) in [7, 11) is 0. The van der Waals surface area contributed by atoms with Crippen molar-refractivity contribution in [2.24, 2.45) is 0 Å². The molecule has 0 aliphatic carbocycles. The molecule has 0 bridgehead atoms. The number of nitrogens with one attached hydrogen (secondary N) is 2. The number of amides is 1. The largest absolute Gasteiger partial charge is 0.369 e. The molecule has 1 aliphatic rings. The highest BCUT2D eigenvalue weighted by Crippen LogP contribution is 2.17. The summed E-state index contributed by atoms with van der Waals surface area (Å²) in [5.74, 6) is 1.78. The molecular weight excluding hydrogens is 344 g/mol. The first-order valence-electron chi connectivity index (χ1n) is 9.61. The van der Waals surface area contributed by atoms with Crippen molar-refractivity contribution in [1.29, 1.82) is 0 Å². The van der Waals surface area contributed by atoms with Crippen LogP contribution in [0.5, 0.6) is 0 Å². The lowest BCUT2D eigenvalue weighted by Crippen LogP contribution is -2.34. The zero-order valence-corrected chi connectivity index (χ0v) is 16.2. The van der Waals surface area contributed by atoms with Crippen molar-refractivity contribution in [3.8, 4) is 0 Å². The SMILES string of the molecule is CCN1CCCC1CNc1ccc(C(=O)NCc2noc(C(C)C)n2)cn1.